The van der Waals surface area contributed by atoms with Gasteiger partial charge in [0.15, 0.2) is 0 Å². The zero-order valence-corrected chi connectivity index (χ0v) is 10.7. The highest BCUT2D eigenvalue weighted by molar-refractivity contribution is 7.99. The van der Waals surface area contributed by atoms with Crippen molar-refractivity contribution >= 4 is 17.7 Å². The maximum absolute atomic E-state index is 11.2. The summed E-state index contributed by atoms with van der Waals surface area (Å²) in [6, 6.07) is 7.51. The van der Waals surface area contributed by atoms with Crippen molar-refractivity contribution in [2.75, 3.05) is 0 Å². The number of hydrogen-bond acceptors (Lipinski definition) is 3. The van der Waals surface area contributed by atoms with Crippen LogP contribution in [-0.4, -0.2) is 10.7 Å². The van der Waals surface area contributed by atoms with E-state index in [0.29, 0.717) is 5.56 Å². The van der Waals surface area contributed by atoms with E-state index in [9.17, 15) is 4.79 Å². The number of carbonyl (C=O) groups is 1. The van der Waals surface area contributed by atoms with Crippen LogP contribution in [0.4, 0.5) is 0 Å². The molecule has 0 radical (unpaired) electrons. The molecular formula is C12H18N2OS. The van der Waals surface area contributed by atoms with E-state index in [1.807, 2.05) is 23.9 Å². The van der Waals surface area contributed by atoms with Crippen LogP contribution in [0.1, 0.15) is 36.7 Å². The lowest BCUT2D eigenvalue weighted by atomic mass is 10.1. The maximum atomic E-state index is 11.2. The number of carbonyl (C=O) groups excluding carboxylic acids is 1. The fourth-order valence-corrected chi connectivity index (χ4v) is 1.93. The van der Waals surface area contributed by atoms with E-state index in [1.54, 1.807) is 12.1 Å². The summed E-state index contributed by atoms with van der Waals surface area (Å²) in [5.74, 6) is 5.75. The van der Waals surface area contributed by atoms with Crippen LogP contribution >= 0.6 is 11.8 Å². The fraction of sp³-hybridized carbons (Fsp3) is 0.417. The normalized spacial score (nSPS) is 11.2. The summed E-state index contributed by atoms with van der Waals surface area (Å²) in [7, 11) is 0. The van der Waals surface area contributed by atoms with E-state index in [2.05, 4.69) is 26.2 Å². The van der Waals surface area contributed by atoms with Gasteiger partial charge in [-0.3, -0.25) is 10.2 Å². The number of hydrogen-bond donors (Lipinski definition) is 2. The molecule has 1 aromatic rings. The molecule has 0 atom stereocenters. The molecular weight excluding hydrogens is 220 g/mol. The van der Waals surface area contributed by atoms with Crippen molar-refractivity contribution in [1.82, 2.24) is 5.43 Å². The van der Waals surface area contributed by atoms with E-state index >= 15 is 0 Å². The van der Waals surface area contributed by atoms with Crippen LogP contribution in [0.25, 0.3) is 0 Å². The second-order valence-electron chi connectivity index (χ2n) is 4.57. The van der Waals surface area contributed by atoms with Crippen molar-refractivity contribution < 1.29 is 4.79 Å². The van der Waals surface area contributed by atoms with Gasteiger partial charge in [-0.25, -0.2) is 5.84 Å². The molecule has 16 heavy (non-hydrogen) atoms. The number of hydrazine groups is 1. The zero-order chi connectivity index (χ0) is 12.2. The molecule has 3 nitrogen and oxygen atoms in total. The molecule has 0 bridgehead atoms. The van der Waals surface area contributed by atoms with E-state index in [0.717, 1.165) is 5.75 Å². The molecule has 0 saturated heterocycles. The van der Waals surface area contributed by atoms with E-state index in [4.69, 9.17) is 5.84 Å². The van der Waals surface area contributed by atoms with Gasteiger partial charge in [-0.05, 0) is 17.7 Å². The van der Waals surface area contributed by atoms with E-state index in [-0.39, 0.29) is 10.7 Å². The molecule has 1 aromatic carbocycles. The van der Waals surface area contributed by atoms with Gasteiger partial charge in [0.1, 0.15) is 0 Å². The third-order valence-electron chi connectivity index (χ3n) is 2.02. The van der Waals surface area contributed by atoms with Gasteiger partial charge in [0.25, 0.3) is 5.91 Å². The first-order valence-electron chi connectivity index (χ1n) is 5.16. The minimum Gasteiger partial charge on any atom is -0.290 e. The summed E-state index contributed by atoms with van der Waals surface area (Å²) in [4.78, 5) is 11.2. The number of nitrogens with one attached hydrogen (secondary N) is 1. The second kappa shape index (κ2) is 5.37. The van der Waals surface area contributed by atoms with Gasteiger partial charge >= 0.3 is 0 Å². The van der Waals surface area contributed by atoms with Gasteiger partial charge in [-0.15, -0.1) is 0 Å². The van der Waals surface area contributed by atoms with Gasteiger partial charge in [0.2, 0.25) is 0 Å². The molecule has 0 spiro atoms. The highest BCUT2D eigenvalue weighted by Gasteiger charge is 2.10. The quantitative estimate of drug-likeness (QED) is 0.483. The monoisotopic (exact) mass is 238 g/mol. The topological polar surface area (TPSA) is 55.1 Å². The molecule has 4 heteroatoms. The van der Waals surface area contributed by atoms with Gasteiger partial charge in [-0.2, -0.15) is 11.8 Å². The number of benzene rings is 1. The van der Waals surface area contributed by atoms with Crippen LogP contribution in [-0.2, 0) is 5.75 Å². The first kappa shape index (κ1) is 13.1. The summed E-state index contributed by atoms with van der Waals surface area (Å²) >= 11 is 1.88. The fourth-order valence-electron chi connectivity index (χ4n) is 1.14. The number of nitrogens with two attached hydrogens (primary N) is 1. The molecule has 3 N–H and O–H groups in total. The Morgan fingerprint density at radius 3 is 2.31 bits per heavy atom. The molecule has 0 fully saturated rings. The summed E-state index contributed by atoms with van der Waals surface area (Å²) in [6.07, 6.45) is 0. The summed E-state index contributed by atoms with van der Waals surface area (Å²) in [6.45, 7) is 6.57. The molecule has 0 aliphatic heterocycles. The second-order valence-corrected chi connectivity index (χ2v) is 6.37. The van der Waals surface area contributed by atoms with Crippen molar-refractivity contribution in [3.63, 3.8) is 0 Å². The third-order valence-corrected chi connectivity index (χ3v) is 3.36. The molecule has 88 valence electrons. The average molecular weight is 238 g/mol. The SMILES string of the molecule is CC(C)(C)SCc1ccc(C(=O)NN)cc1. The van der Waals surface area contributed by atoms with Crippen LogP contribution in [0.5, 0.6) is 0 Å². The highest BCUT2D eigenvalue weighted by Crippen LogP contribution is 2.27. The van der Waals surface area contributed by atoms with Gasteiger partial charge < -0.3 is 0 Å². The van der Waals surface area contributed by atoms with E-state index in [1.165, 1.54) is 5.56 Å². The molecule has 0 aliphatic carbocycles. The summed E-state index contributed by atoms with van der Waals surface area (Å²) in [5, 5.41) is 0. The van der Waals surface area contributed by atoms with Crippen molar-refractivity contribution in [1.29, 1.82) is 0 Å². The van der Waals surface area contributed by atoms with Gasteiger partial charge in [0, 0.05) is 16.1 Å². The maximum Gasteiger partial charge on any atom is 0.265 e. The predicted octanol–water partition coefficient (Wildman–Crippen LogP) is 2.32. The lowest BCUT2D eigenvalue weighted by Gasteiger charge is -2.17. The van der Waals surface area contributed by atoms with E-state index < -0.39 is 0 Å². The number of amides is 1. The summed E-state index contributed by atoms with van der Waals surface area (Å²) in [5.41, 5.74) is 3.92. The molecule has 0 saturated carbocycles. The Balaban J connectivity index is 2.62. The first-order chi connectivity index (χ1) is 7.42. The molecule has 0 aliphatic rings. The van der Waals surface area contributed by atoms with Gasteiger partial charge in [-0.1, -0.05) is 32.9 Å². The number of thioether (sulfide) groups is 1. The van der Waals surface area contributed by atoms with Gasteiger partial charge in [0.05, 0.1) is 0 Å². The van der Waals surface area contributed by atoms with Crippen molar-refractivity contribution in [2.24, 2.45) is 5.84 Å². The van der Waals surface area contributed by atoms with Crippen molar-refractivity contribution in [3.8, 4) is 0 Å². The van der Waals surface area contributed by atoms with Crippen LogP contribution in [0.3, 0.4) is 0 Å². The minimum atomic E-state index is -0.255. The van der Waals surface area contributed by atoms with Crippen LogP contribution < -0.4 is 11.3 Å². The molecule has 0 unspecified atom stereocenters. The van der Waals surface area contributed by atoms with Crippen LogP contribution in [0.15, 0.2) is 24.3 Å². The Morgan fingerprint density at radius 2 is 1.88 bits per heavy atom. The van der Waals surface area contributed by atoms with Crippen molar-refractivity contribution in [3.05, 3.63) is 35.4 Å². The lowest BCUT2D eigenvalue weighted by Crippen LogP contribution is -2.29. The molecule has 0 heterocycles. The smallest absolute Gasteiger partial charge is 0.265 e. The minimum absolute atomic E-state index is 0.255. The lowest BCUT2D eigenvalue weighted by molar-refractivity contribution is 0.0953. The number of rotatable bonds is 3. The predicted molar refractivity (Wildman–Crippen MR) is 69.1 cm³/mol. The van der Waals surface area contributed by atoms with Crippen molar-refractivity contribution in [2.45, 2.75) is 31.3 Å². The Labute approximate surface area is 101 Å². The Hall–Kier alpha value is -1.00. The van der Waals surface area contributed by atoms with Crippen LogP contribution in [0, 0.1) is 0 Å². The Bertz CT molecular complexity index is 354. The Morgan fingerprint density at radius 1 is 1.31 bits per heavy atom. The third kappa shape index (κ3) is 4.24. The van der Waals surface area contributed by atoms with Crippen LogP contribution in [0.2, 0.25) is 0 Å². The summed E-state index contributed by atoms with van der Waals surface area (Å²) < 4.78 is 0.257. The zero-order valence-electron chi connectivity index (χ0n) is 9.91. The Kier molecular flexibility index (Phi) is 4.38. The highest BCUT2D eigenvalue weighted by atomic mass is 32.2. The molecule has 1 rings (SSSR count). The largest absolute Gasteiger partial charge is 0.290 e. The average Bonchev–Trinajstić information content (AvgIpc) is 2.25. The molecule has 0 aromatic heterocycles. The first-order valence-corrected chi connectivity index (χ1v) is 6.15. The standard InChI is InChI=1S/C12H18N2OS/c1-12(2,3)16-8-9-4-6-10(7-5-9)11(15)14-13/h4-7H,8,13H2,1-3H3,(H,14,15). The molecule has 1 amide bonds. The number of nitrogen functional groups attached to an aromatic ring is 1.